The molecule has 384 valence electrons. The van der Waals surface area contributed by atoms with E-state index in [0.717, 1.165) is 109 Å². The van der Waals surface area contributed by atoms with Crippen molar-refractivity contribution in [3.8, 4) is 0 Å². The Kier molecular flexibility index (Phi) is 39.1. The van der Waals surface area contributed by atoms with Gasteiger partial charge in [0, 0.05) is 44.5 Å². The summed E-state index contributed by atoms with van der Waals surface area (Å²) in [6.45, 7) is 16.1. The maximum atomic E-state index is 13.1. The lowest BCUT2D eigenvalue weighted by molar-refractivity contribution is -0.150. The third-order valence-electron chi connectivity index (χ3n) is 13.3. The quantitative estimate of drug-likeness (QED) is 0.0264. The van der Waals surface area contributed by atoms with Gasteiger partial charge in [-0.05, 0) is 83.7 Å². The summed E-state index contributed by atoms with van der Waals surface area (Å²) in [4.78, 5) is 52.5. The molecule has 10 nitrogen and oxygen atoms in total. The van der Waals surface area contributed by atoms with Gasteiger partial charge in [-0.3, -0.25) is 19.2 Å². The van der Waals surface area contributed by atoms with E-state index in [2.05, 4.69) is 49.8 Å². The zero-order valence-corrected chi connectivity index (χ0v) is 43.8. The molecule has 0 spiro atoms. The largest absolute Gasteiger partial charge is 0.466 e. The molecule has 0 saturated carbocycles. The van der Waals surface area contributed by atoms with Crippen LogP contribution in [0.1, 0.15) is 246 Å². The minimum absolute atomic E-state index is 0.0637. The number of Topliss-reactive ketones (excluding diaryl/α,β-unsaturated/α-hetero) is 1. The highest BCUT2D eigenvalue weighted by atomic mass is 16.5. The molecule has 0 aliphatic heterocycles. The topological polar surface area (TPSA) is 123 Å². The zero-order chi connectivity index (χ0) is 48.5. The third-order valence-corrected chi connectivity index (χ3v) is 13.3. The smallest absolute Gasteiger partial charge is 0.306 e. The number of nitrogens with one attached hydrogen (secondary N) is 2. The van der Waals surface area contributed by atoms with Crippen LogP contribution >= 0.6 is 0 Å². The second kappa shape index (κ2) is 42.2. The molecule has 66 heavy (non-hydrogen) atoms. The molecule has 1 rings (SSSR count). The number of hydrogen-bond acceptors (Lipinski definition) is 10. The monoisotopic (exact) mass is 930 g/mol. The van der Waals surface area contributed by atoms with Crippen molar-refractivity contribution in [1.82, 2.24) is 15.5 Å². The van der Waals surface area contributed by atoms with E-state index in [9.17, 15) is 19.2 Å². The van der Waals surface area contributed by atoms with E-state index >= 15 is 0 Å². The van der Waals surface area contributed by atoms with Crippen molar-refractivity contribution in [1.29, 1.82) is 0 Å². The van der Waals surface area contributed by atoms with Gasteiger partial charge in [-0.25, -0.2) is 0 Å². The lowest BCUT2D eigenvalue weighted by Crippen LogP contribution is -2.40. The van der Waals surface area contributed by atoms with Crippen LogP contribution in [-0.2, 0) is 33.4 Å². The maximum Gasteiger partial charge on any atom is 0.306 e. The molecule has 0 bridgehead atoms. The van der Waals surface area contributed by atoms with Crippen molar-refractivity contribution in [2.24, 2.45) is 11.8 Å². The number of ketones is 1. The van der Waals surface area contributed by atoms with Crippen molar-refractivity contribution < 1.29 is 33.4 Å². The zero-order valence-electron chi connectivity index (χ0n) is 43.8. The first-order valence-corrected chi connectivity index (χ1v) is 27.7. The molecule has 0 saturated heterocycles. The average molecular weight is 930 g/mol. The highest BCUT2D eigenvalue weighted by molar-refractivity contribution is 6.18. The van der Waals surface area contributed by atoms with Gasteiger partial charge in [0.25, 0.3) is 0 Å². The summed E-state index contributed by atoms with van der Waals surface area (Å²) in [6.07, 6.45) is 35.4. The Morgan fingerprint density at radius 2 is 0.879 bits per heavy atom. The first-order chi connectivity index (χ1) is 32.1. The molecular weight excluding hydrogens is 827 g/mol. The average Bonchev–Trinajstić information content (AvgIpc) is 3.29. The normalized spacial score (nSPS) is 12.8. The minimum atomic E-state index is -0.192. The van der Waals surface area contributed by atoms with Gasteiger partial charge in [0.2, 0.25) is 5.78 Å². The fraction of sp³-hybridized carbons (Fsp3) is 0.857. The second-order valence-corrected chi connectivity index (χ2v) is 19.8. The van der Waals surface area contributed by atoms with Gasteiger partial charge in [-0.1, -0.05) is 176 Å². The predicted octanol–water partition coefficient (Wildman–Crippen LogP) is 13.7. The summed E-state index contributed by atoms with van der Waals surface area (Å²) in [5.41, 5.74) is 1.82. The predicted molar refractivity (Wildman–Crippen MR) is 274 cm³/mol. The van der Waals surface area contributed by atoms with Crippen LogP contribution in [0.4, 0.5) is 0 Å². The van der Waals surface area contributed by atoms with Crippen LogP contribution in [0, 0.1) is 11.8 Å². The number of likely N-dealkylation sites (N-methyl/N-ethyl adjacent to an activating group) is 1. The van der Waals surface area contributed by atoms with Crippen LogP contribution in [0.2, 0.25) is 0 Å². The molecule has 0 amide bonds. The summed E-state index contributed by atoms with van der Waals surface area (Å²) in [6, 6.07) is 0. The van der Waals surface area contributed by atoms with Crippen LogP contribution in [0.5, 0.6) is 0 Å². The Balaban J connectivity index is 2.49. The van der Waals surface area contributed by atoms with Crippen LogP contribution in [-0.4, -0.2) is 81.6 Å². The Labute approximate surface area is 405 Å². The van der Waals surface area contributed by atoms with E-state index in [-0.39, 0.29) is 36.2 Å². The number of hydrogen-bond donors (Lipinski definition) is 2. The fourth-order valence-electron chi connectivity index (χ4n) is 8.95. The molecule has 0 fully saturated rings. The number of rotatable bonds is 48. The van der Waals surface area contributed by atoms with E-state index < -0.39 is 0 Å². The molecule has 0 atom stereocenters. The molecular formula is C56H103N3O7. The standard InChI is InChI=1S/C56H103N3O7/c1-8-12-22-31-48(32-23-13-9-2)40-45-64-51(60)37-28-20-16-18-26-35-50(66-53(62)39-30-42-57-55-54(47(5)56(55)63)58-43-44-59(6)7)36-27-19-17-21-29-38-52(61)65-46-41-49(33-24-14-10-3)34-25-15-11-4/h48-50,57-58H,5,8-46H2,1-4,6-7H3. The molecule has 0 unspecified atom stereocenters. The van der Waals surface area contributed by atoms with Gasteiger partial charge >= 0.3 is 17.9 Å². The molecule has 1 aliphatic rings. The van der Waals surface area contributed by atoms with Crippen LogP contribution in [0.25, 0.3) is 0 Å². The summed E-state index contributed by atoms with van der Waals surface area (Å²) < 4.78 is 17.4. The molecule has 0 aromatic heterocycles. The summed E-state index contributed by atoms with van der Waals surface area (Å²) >= 11 is 0. The number of esters is 3. The van der Waals surface area contributed by atoms with Crippen LogP contribution in [0.15, 0.2) is 23.5 Å². The van der Waals surface area contributed by atoms with Gasteiger partial charge in [-0.15, -0.1) is 0 Å². The molecule has 0 heterocycles. The Hall–Kier alpha value is -2.88. The molecule has 0 radical (unpaired) electrons. The van der Waals surface area contributed by atoms with Crippen molar-refractivity contribution in [3.05, 3.63) is 23.5 Å². The fourth-order valence-corrected chi connectivity index (χ4v) is 8.95. The van der Waals surface area contributed by atoms with Crippen LogP contribution in [0.3, 0.4) is 0 Å². The summed E-state index contributed by atoms with van der Waals surface area (Å²) in [5.74, 6) is 0.946. The number of carbonyl (C=O) groups excluding carboxylic acids is 4. The van der Waals surface area contributed by atoms with Crippen molar-refractivity contribution in [2.45, 2.75) is 252 Å². The van der Waals surface area contributed by atoms with Gasteiger partial charge in [0.05, 0.1) is 18.9 Å². The van der Waals surface area contributed by atoms with E-state index in [1.54, 1.807) is 0 Å². The Morgan fingerprint density at radius 3 is 1.32 bits per heavy atom. The van der Waals surface area contributed by atoms with Gasteiger partial charge in [-0.2, -0.15) is 0 Å². The number of allylic oxidation sites excluding steroid dienone is 2. The van der Waals surface area contributed by atoms with E-state index in [1.807, 2.05) is 14.1 Å². The van der Waals surface area contributed by atoms with Crippen molar-refractivity contribution in [3.63, 3.8) is 0 Å². The highest BCUT2D eigenvalue weighted by Crippen LogP contribution is 2.26. The molecule has 1 aliphatic carbocycles. The molecule has 0 aromatic carbocycles. The Morgan fingerprint density at radius 1 is 0.485 bits per heavy atom. The van der Waals surface area contributed by atoms with Crippen LogP contribution < -0.4 is 10.6 Å². The number of ether oxygens (including phenoxy) is 3. The van der Waals surface area contributed by atoms with Crippen molar-refractivity contribution in [2.75, 3.05) is 46.9 Å². The number of unbranched alkanes of at least 4 members (excludes halogenated alkanes) is 16. The van der Waals surface area contributed by atoms with E-state index in [4.69, 9.17) is 14.2 Å². The SMILES string of the molecule is C=C1C(=O)C(NCCCC(=O)OC(CCCCCCCC(=O)OCCC(CCCCC)CCCCC)CCCCCCCC(=O)OCCC(CCCCC)CCCCC)=C1NCCN(C)C. The molecule has 10 heteroatoms. The van der Waals surface area contributed by atoms with Gasteiger partial charge in [0.1, 0.15) is 11.8 Å². The van der Waals surface area contributed by atoms with Crippen molar-refractivity contribution >= 4 is 23.7 Å². The molecule has 0 aromatic rings. The number of carbonyl (C=O) groups is 4. The first-order valence-electron chi connectivity index (χ1n) is 27.7. The lowest BCUT2D eigenvalue weighted by atomic mass is 9.92. The van der Waals surface area contributed by atoms with Gasteiger partial charge in [0.15, 0.2) is 0 Å². The Bertz CT molecular complexity index is 1220. The minimum Gasteiger partial charge on any atom is -0.466 e. The lowest BCUT2D eigenvalue weighted by Gasteiger charge is -2.27. The number of nitrogens with zero attached hydrogens (tertiary/aromatic N) is 1. The molecule has 2 N–H and O–H groups in total. The second-order valence-electron chi connectivity index (χ2n) is 19.8. The van der Waals surface area contributed by atoms with E-state index in [1.165, 1.54) is 103 Å². The maximum absolute atomic E-state index is 13.1. The van der Waals surface area contributed by atoms with E-state index in [0.29, 0.717) is 62.1 Å². The summed E-state index contributed by atoms with van der Waals surface area (Å²) in [5, 5.41) is 6.52. The highest BCUT2D eigenvalue weighted by Gasteiger charge is 2.31. The van der Waals surface area contributed by atoms with Gasteiger partial charge < -0.3 is 29.7 Å². The first kappa shape index (κ1) is 61.1. The third kappa shape index (κ3) is 32.8. The summed E-state index contributed by atoms with van der Waals surface area (Å²) in [7, 11) is 4.01.